The second-order valence-electron chi connectivity index (χ2n) is 5.87. The third-order valence-electron chi connectivity index (χ3n) is 4.41. The van der Waals surface area contributed by atoms with Crippen LogP contribution in [0.5, 0.6) is 0 Å². The van der Waals surface area contributed by atoms with E-state index in [4.69, 9.17) is 15.2 Å². The number of nitrogens with zero attached hydrogens (tertiary/aromatic N) is 1. The fraction of sp³-hybridized carbons (Fsp3) is 0.800. The van der Waals surface area contributed by atoms with Crippen molar-refractivity contribution >= 4 is 5.91 Å². The molecule has 2 unspecified atom stereocenters. The number of carbonyl (C=O) groups is 1. The summed E-state index contributed by atoms with van der Waals surface area (Å²) >= 11 is 0. The van der Waals surface area contributed by atoms with E-state index < -0.39 is 5.54 Å². The van der Waals surface area contributed by atoms with Crippen LogP contribution >= 0.6 is 0 Å². The van der Waals surface area contributed by atoms with Crippen LogP contribution in [-0.2, 0) is 14.3 Å². The first-order valence-corrected chi connectivity index (χ1v) is 7.14. The van der Waals surface area contributed by atoms with Crippen LogP contribution < -0.4 is 5.73 Å². The summed E-state index contributed by atoms with van der Waals surface area (Å²) in [7, 11) is 1.62. The maximum absolute atomic E-state index is 12.8. The molecule has 0 aliphatic heterocycles. The monoisotopic (exact) mass is 284 g/mol. The Hall–Kier alpha value is -0.910. The second kappa shape index (κ2) is 6.70. The van der Waals surface area contributed by atoms with Crippen LogP contribution in [0.15, 0.2) is 12.7 Å². The zero-order valence-electron chi connectivity index (χ0n) is 13.1. The number of amides is 1. The van der Waals surface area contributed by atoms with Gasteiger partial charge in [0, 0.05) is 38.6 Å². The van der Waals surface area contributed by atoms with Gasteiger partial charge in [0.2, 0.25) is 5.91 Å². The number of nitrogens with two attached hydrogens (primary N) is 1. The average Bonchev–Trinajstić information content (AvgIpc) is 2.42. The number of methoxy groups -OCH3 is 1. The van der Waals surface area contributed by atoms with Gasteiger partial charge in [0.25, 0.3) is 0 Å². The first-order valence-electron chi connectivity index (χ1n) is 7.14. The highest BCUT2D eigenvalue weighted by Gasteiger charge is 2.63. The molecule has 0 aromatic carbocycles. The van der Waals surface area contributed by atoms with Gasteiger partial charge in [-0.05, 0) is 6.92 Å². The van der Waals surface area contributed by atoms with Crippen molar-refractivity contribution in [1.29, 1.82) is 0 Å². The molecule has 1 aliphatic carbocycles. The van der Waals surface area contributed by atoms with Crippen molar-refractivity contribution in [2.24, 2.45) is 11.1 Å². The van der Waals surface area contributed by atoms with Gasteiger partial charge in [0.1, 0.15) is 5.54 Å². The molecular weight excluding hydrogens is 256 g/mol. The van der Waals surface area contributed by atoms with Crippen LogP contribution in [0, 0.1) is 5.41 Å². The lowest BCUT2D eigenvalue weighted by atomic mass is 9.54. The van der Waals surface area contributed by atoms with E-state index in [-0.39, 0.29) is 17.4 Å². The molecule has 1 rings (SSSR count). The van der Waals surface area contributed by atoms with Crippen molar-refractivity contribution in [3.63, 3.8) is 0 Å². The van der Waals surface area contributed by atoms with E-state index in [9.17, 15) is 4.79 Å². The van der Waals surface area contributed by atoms with E-state index in [1.54, 1.807) is 18.1 Å². The number of carbonyl (C=O) groups excluding carboxylic acids is 1. The minimum Gasteiger partial charge on any atom is -0.383 e. The first-order chi connectivity index (χ1) is 9.35. The predicted octanol–water partition coefficient (Wildman–Crippen LogP) is 1.18. The predicted molar refractivity (Wildman–Crippen MR) is 79.4 cm³/mol. The van der Waals surface area contributed by atoms with Gasteiger partial charge < -0.3 is 20.1 Å². The van der Waals surface area contributed by atoms with Crippen molar-refractivity contribution in [2.45, 2.75) is 38.8 Å². The molecule has 0 saturated heterocycles. The SMILES string of the molecule is C=CCN(CCOC)C(=O)C1(N)CC(OCC)C1(C)C. The Balaban J connectivity index is 2.80. The highest BCUT2D eigenvalue weighted by Crippen LogP contribution is 2.50. The van der Waals surface area contributed by atoms with Crippen molar-refractivity contribution in [1.82, 2.24) is 4.90 Å². The highest BCUT2D eigenvalue weighted by molar-refractivity contribution is 5.89. The molecule has 2 atom stereocenters. The van der Waals surface area contributed by atoms with E-state index in [0.29, 0.717) is 32.7 Å². The molecule has 0 aromatic rings. The minimum atomic E-state index is -0.871. The number of ether oxygens (including phenoxy) is 2. The third-order valence-corrected chi connectivity index (χ3v) is 4.41. The maximum Gasteiger partial charge on any atom is 0.243 e. The molecule has 1 aliphatic rings. The normalized spacial score (nSPS) is 27.8. The Morgan fingerprint density at radius 2 is 2.20 bits per heavy atom. The van der Waals surface area contributed by atoms with Gasteiger partial charge in [0.15, 0.2) is 0 Å². The van der Waals surface area contributed by atoms with Crippen LogP contribution in [0.1, 0.15) is 27.2 Å². The van der Waals surface area contributed by atoms with Crippen LogP contribution in [0.4, 0.5) is 0 Å². The Morgan fingerprint density at radius 1 is 1.55 bits per heavy atom. The highest BCUT2D eigenvalue weighted by atomic mass is 16.5. The molecule has 0 radical (unpaired) electrons. The molecule has 5 nitrogen and oxygen atoms in total. The molecule has 1 amide bonds. The quantitative estimate of drug-likeness (QED) is 0.680. The van der Waals surface area contributed by atoms with Gasteiger partial charge in [0.05, 0.1) is 12.7 Å². The zero-order valence-corrected chi connectivity index (χ0v) is 13.1. The molecule has 20 heavy (non-hydrogen) atoms. The first kappa shape index (κ1) is 17.1. The van der Waals surface area contributed by atoms with E-state index in [2.05, 4.69) is 6.58 Å². The van der Waals surface area contributed by atoms with E-state index in [1.165, 1.54) is 0 Å². The van der Waals surface area contributed by atoms with Gasteiger partial charge in [-0.15, -0.1) is 6.58 Å². The smallest absolute Gasteiger partial charge is 0.243 e. The lowest BCUT2D eigenvalue weighted by molar-refractivity contribution is -0.179. The minimum absolute atomic E-state index is 0.0365. The van der Waals surface area contributed by atoms with Crippen LogP contribution in [0.2, 0.25) is 0 Å². The molecule has 2 N–H and O–H groups in total. The summed E-state index contributed by atoms with van der Waals surface area (Å²) in [5.74, 6) is -0.0459. The van der Waals surface area contributed by atoms with Crippen molar-refractivity contribution in [2.75, 3.05) is 33.4 Å². The number of hydrogen-bond acceptors (Lipinski definition) is 4. The molecular formula is C15H28N2O3. The second-order valence-corrected chi connectivity index (χ2v) is 5.87. The fourth-order valence-corrected chi connectivity index (χ4v) is 2.71. The van der Waals surface area contributed by atoms with Gasteiger partial charge in [-0.1, -0.05) is 19.9 Å². The molecule has 116 valence electrons. The van der Waals surface area contributed by atoms with Crippen LogP contribution in [0.3, 0.4) is 0 Å². The van der Waals surface area contributed by atoms with Crippen molar-refractivity contribution in [3.05, 3.63) is 12.7 Å². The summed E-state index contributed by atoms with van der Waals surface area (Å²) in [6.07, 6.45) is 2.31. The number of rotatable bonds is 8. The number of hydrogen-bond donors (Lipinski definition) is 1. The molecule has 0 bridgehead atoms. The van der Waals surface area contributed by atoms with Crippen molar-refractivity contribution < 1.29 is 14.3 Å². The third kappa shape index (κ3) is 2.90. The van der Waals surface area contributed by atoms with E-state index in [1.807, 2.05) is 20.8 Å². The van der Waals surface area contributed by atoms with Crippen LogP contribution in [-0.4, -0.2) is 55.9 Å². The zero-order chi connectivity index (χ0) is 15.4. The van der Waals surface area contributed by atoms with Crippen molar-refractivity contribution in [3.8, 4) is 0 Å². The standard InChI is InChI=1S/C15H28N2O3/c1-6-8-17(9-10-19-5)13(18)15(16)11-12(20-7-2)14(15,3)4/h6,12H,1,7-11,16H2,2-5H3. The topological polar surface area (TPSA) is 64.8 Å². The largest absolute Gasteiger partial charge is 0.383 e. The lowest BCUT2D eigenvalue weighted by Crippen LogP contribution is -2.76. The summed E-state index contributed by atoms with van der Waals surface area (Å²) < 4.78 is 10.7. The summed E-state index contributed by atoms with van der Waals surface area (Å²) in [6, 6.07) is 0. The Morgan fingerprint density at radius 3 is 2.65 bits per heavy atom. The molecule has 5 heteroatoms. The molecule has 1 fully saturated rings. The molecule has 0 spiro atoms. The van der Waals surface area contributed by atoms with E-state index in [0.717, 1.165) is 0 Å². The Labute approximate surface area is 122 Å². The van der Waals surface area contributed by atoms with Gasteiger partial charge >= 0.3 is 0 Å². The summed E-state index contributed by atoms with van der Waals surface area (Å²) in [5, 5.41) is 0. The summed E-state index contributed by atoms with van der Waals surface area (Å²) in [6.45, 7) is 11.8. The molecule has 1 saturated carbocycles. The maximum atomic E-state index is 12.8. The summed E-state index contributed by atoms with van der Waals surface area (Å²) in [4.78, 5) is 14.5. The fourth-order valence-electron chi connectivity index (χ4n) is 2.71. The van der Waals surface area contributed by atoms with E-state index >= 15 is 0 Å². The Kier molecular flexibility index (Phi) is 5.74. The molecule has 0 heterocycles. The lowest BCUT2D eigenvalue weighted by Gasteiger charge is -2.58. The van der Waals surface area contributed by atoms with Gasteiger partial charge in [-0.3, -0.25) is 4.79 Å². The van der Waals surface area contributed by atoms with Gasteiger partial charge in [-0.25, -0.2) is 0 Å². The van der Waals surface area contributed by atoms with Crippen LogP contribution in [0.25, 0.3) is 0 Å². The Bertz CT molecular complexity index is 357. The average molecular weight is 284 g/mol. The molecule has 0 aromatic heterocycles. The summed E-state index contributed by atoms with van der Waals surface area (Å²) in [5.41, 5.74) is 5.16. The van der Waals surface area contributed by atoms with Gasteiger partial charge in [-0.2, -0.15) is 0 Å².